The maximum Gasteiger partial charge on any atom is 0.210 e. The van der Waals surface area contributed by atoms with E-state index in [2.05, 4.69) is 31.7 Å². The van der Waals surface area contributed by atoms with Crippen LogP contribution >= 0.6 is 27.5 Å². The van der Waals surface area contributed by atoms with Crippen molar-refractivity contribution in [2.75, 3.05) is 5.32 Å². The Labute approximate surface area is 108 Å². The van der Waals surface area contributed by atoms with Crippen molar-refractivity contribution in [3.05, 3.63) is 27.7 Å². The van der Waals surface area contributed by atoms with Crippen molar-refractivity contribution < 1.29 is 0 Å². The van der Waals surface area contributed by atoms with Gasteiger partial charge in [0.15, 0.2) is 0 Å². The van der Waals surface area contributed by atoms with E-state index in [1.807, 2.05) is 26.0 Å². The molecule has 0 spiro atoms. The summed E-state index contributed by atoms with van der Waals surface area (Å²) < 4.78 is 0.850. The minimum atomic E-state index is 0.157. The summed E-state index contributed by atoms with van der Waals surface area (Å²) in [4.78, 5) is 4.26. The molecule has 0 radical (unpaired) electrons. The maximum atomic E-state index is 5.97. The lowest BCUT2D eigenvalue weighted by Gasteiger charge is -2.11. The summed E-state index contributed by atoms with van der Waals surface area (Å²) in [7, 11) is 0. The SMILES string of the molecule is CC(C)N=C(NN)Nc1ccc(Br)c(Cl)c1. The van der Waals surface area contributed by atoms with E-state index in [4.69, 9.17) is 17.4 Å². The van der Waals surface area contributed by atoms with Crippen LogP contribution in [0.15, 0.2) is 27.7 Å². The Morgan fingerprint density at radius 1 is 1.50 bits per heavy atom. The van der Waals surface area contributed by atoms with Crippen LogP contribution in [0.25, 0.3) is 0 Å². The first kappa shape index (κ1) is 13.3. The highest BCUT2D eigenvalue weighted by Crippen LogP contribution is 2.25. The summed E-state index contributed by atoms with van der Waals surface area (Å²) in [6, 6.07) is 5.68. The third-order valence-corrected chi connectivity index (χ3v) is 2.94. The summed E-state index contributed by atoms with van der Waals surface area (Å²) in [6.07, 6.45) is 0. The monoisotopic (exact) mass is 304 g/mol. The molecule has 0 aliphatic carbocycles. The van der Waals surface area contributed by atoms with E-state index >= 15 is 0 Å². The number of hydrazine groups is 1. The minimum Gasteiger partial charge on any atom is -0.325 e. The number of nitrogens with zero attached hydrogens (tertiary/aromatic N) is 1. The van der Waals surface area contributed by atoms with Crippen LogP contribution in [0.5, 0.6) is 0 Å². The molecule has 0 amide bonds. The van der Waals surface area contributed by atoms with Gasteiger partial charge in [0, 0.05) is 16.2 Å². The molecule has 0 aliphatic rings. The first-order valence-electron chi connectivity index (χ1n) is 4.79. The van der Waals surface area contributed by atoms with Crippen LogP contribution in [-0.4, -0.2) is 12.0 Å². The predicted octanol–water partition coefficient (Wildman–Crippen LogP) is 2.74. The van der Waals surface area contributed by atoms with Gasteiger partial charge in [-0.1, -0.05) is 11.6 Å². The summed E-state index contributed by atoms with van der Waals surface area (Å²) in [5, 5.41) is 3.67. The van der Waals surface area contributed by atoms with Gasteiger partial charge in [-0.15, -0.1) is 0 Å². The van der Waals surface area contributed by atoms with Crippen LogP contribution in [0.1, 0.15) is 13.8 Å². The molecule has 0 saturated carbocycles. The third kappa shape index (κ3) is 4.00. The number of anilines is 1. The molecule has 0 unspecified atom stereocenters. The van der Waals surface area contributed by atoms with Crippen molar-refractivity contribution in [1.29, 1.82) is 0 Å². The number of aliphatic imine (C=N–C) groups is 1. The average molecular weight is 306 g/mol. The molecule has 0 heterocycles. The second kappa shape index (κ2) is 6.08. The van der Waals surface area contributed by atoms with E-state index in [1.165, 1.54) is 0 Å². The normalized spacial score (nSPS) is 11.8. The van der Waals surface area contributed by atoms with Crippen molar-refractivity contribution in [1.82, 2.24) is 5.43 Å². The number of hydrogen-bond acceptors (Lipinski definition) is 2. The van der Waals surface area contributed by atoms with Crippen molar-refractivity contribution in [3.63, 3.8) is 0 Å². The Morgan fingerprint density at radius 2 is 2.19 bits per heavy atom. The van der Waals surface area contributed by atoms with Crippen LogP contribution in [0, 0.1) is 0 Å². The second-order valence-corrected chi connectivity index (χ2v) is 4.73. The molecule has 0 aromatic heterocycles. The number of rotatable bonds is 2. The minimum absolute atomic E-state index is 0.157. The van der Waals surface area contributed by atoms with E-state index < -0.39 is 0 Å². The molecule has 0 aliphatic heterocycles. The highest BCUT2D eigenvalue weighted by atomic mass is 79.9. The molecule has 1 aromatic rings. The summed E-state index contributed by atoms with van der Waals surface area (Å²) in [6.45, 7) is 3.93. The highest BCUT2D eigenvalue weighted by molar-refractivity contribution is 9.10. The van der Waals surface area contributed by atoms with Gasteiger partial charge in [0.2, 0.25) is 5.96 Å². The fourth-order valence-electron chi connectivity index (χ4n) is 1.07. The number of guanidine groups is 1. The predicted molar refractivity (Wildman–Crippen MR) is 72.7 cm³/mol. The Hall–Kier alpha value is -0.780. The van der Waals surface area contributed by atoms with Crippen molar-refractivity contribution in [3.8, 4) is 0 Å². The Bertz CT molecular complexity index is 392. The molecule has 4 N–H and O–H groups in total. The molecule has 16 heavy (non-hydrogen) atoms. The summed E-state index contributed by atoms with van der Waals surface area (Å²) in [5.74, 6) is 5.86. The lowest BCUT2D eigenvalue weighted by Crippen LogP contribution is -2.36. The maximum absolute atomic E-state index is 5.97. The Morgan fingerprint density at radius 3 is 2.69 bits per heavy atom. The zero-order valence-corrected chi connectivity index (χ0v) is 11.4. The smallest absolute Gasteiger partial charge is 0.210 e. The van der Waals surface area contributed by atoms with Gasteiger partial charge < -0.3 is 5.32 Å². The van der Waals surface area contributed by atoms with E-state index in [1.54, 1.807) is 6.07 Å². The zero-order chi connectivity index (χ0) is 12.1. The van der Waals surface area contributed by atoms with E-state index in [0.717, 1.165) is 10.2 Å². The van der Waals surface area contributed by atoms with Gasteiger partial charge in [-0.25, -0.2) is 10.8 Å². The first-order chi connectivity index (χ1) is 7.52. The highest BCUT2D eigenvalue weighted by Gasteiger charge is 2.02. The lowest BCUT2D eigenvalue weighted by molar-refractivity contribution is 0.819. The number of benzene rings is 1. The fraction of sp³-hybridized carbons (Fsp3) is 0.300. The average Bonchev–Trinajstić information content (AvgIpc) is 2.22. The molecular formula is C10H14BrClN4. The first-order valence-corrected chi connectivity index (χ1v) is 5.96. The van der Waals surface area contributed by atoms with Crippen LogP contribution in [0.3, 0.4) is 0 Å². The Balaban J connectivity index is 2.82. The molecule has 4 nitrogen and oxygen atoms in total. The van der Waals surface area contributed by atoms with E-state index in [0.29, 0.717) is 11.0 Å². The Kier molecular flexibility index (Phi) is 5.05. The third-order valence-electron chi connectivity index (χ3n) is 1.71. The molecular weight excluding hydrogens is 291 g/mol. The van der Waals surface area contributed by atoms with Crippen LogP contribution < -0.4 is 16.6 Å². The zero-order valence-electron chi connectivity index (χ0n) is 9.09. The van der Waals surface area contributed by atoms with Crippen molar-refractivity contribution >= 4 is 39.2 Å². The lowest BCUT2D eigenvalue weighted by atomic mass is 10.3. The van der Waals surface area contributed by atoms with Gasteiger partial charge in [0.05, 0.1) is 5.02 Å². The molecule has 1 aromatic carbocycles. The summed E-state index contributed by atoms with van der Waals surface area (Å²) >= 11 is 9.29. The molecule has 0 fully saturated rings. The number of hydrogen-bond donors (Lipinski definition) is 3. The van der Waals surface area contributed by atoms with E-state index in [-0.39, 0.29) is 6.04 Å². The van der Waals surface area contributed by atoms with Crippen LogP contribution in [-0.2, 0) is 0 Å². The van der Waals surface area contributed by atoms with E-state index in [9.17, 15) is 0 Å². The molecule has 6 heteroatoms. The van der Waals surface area contributed by atoms with Gasteiger partial charge in [-0.2, -0.15) is 0 Å². The van der Waals surface area contributed by atoms with Gasteiger partial charge in [0.1, 0.15) is 0 Å². The fourth-order valence-corrected chi connectivity index (χ4v) is 1.50. The number of nitrogens with two attached hydrogens (primary N) is 1. The molecule has 0 bridgehead atoms. The topological polar surface area (TPSA) is 62.4 Å². The van der Waals surface area contributed by atoms with Crippen molar-refractivity contribution in [2.24, 2.45) is 10.8 Å². The van der Waals surface area contributed by atoms with Gasteiger partial charge in [0.25, 0.3) is 0 Å². The van der Waals surface area contributed by atoms with Gasteiger partial charge >= 0.3 is 0 Å². The van der Waals surface area contributed by atoms with Crippen LogP contribution in [0.2, 0.25) is 5.02 Å². The molecule has 88 valence electrons. The van der Waals surface area contributed by atoms with Gasteiger partial charge in [-0.05, 0) is 48.0 Å². The van der Waals surface area contributed by atoms with Crippen molar-refractivity contribution in [2.45, 2.75) is 19.9 Å². The largest absolute Gasteiger partial charge is 0.325 e. The summed E-state index contributed by atoms with van der Waals surface area (Å²) in [5.41, 5.74) is 3.32. The second-order valence-electron chi connectivity index (χ2n) is 3.47. The molecule has 1 rings (SSSR count). The van der Waals surface area contributed by atoms with Crippen LogP contribution in [0.4, 0.5) is 5.69 Å². The van der Waals surface area contributed by atoms with Gasteiger partial charge in [-0.3, -0.25) is 5.43 Å². The molecule has 0 saturated heterocycles. The standard InChI is InChI=1S/C10H14BrClN4/c1-6(2)14-10(16-13)15-7-3-4-8(11)9(12)5-7/h3-6H,13H2,1-2H3,(H2,14,15,16). The quantitative estimate of drug-likeness (QED) is 0.341. The number of nitrogens with one attached hydrogen (secondary N) is 2. The number of halogens is 2. The molecule has 0 atom stereocenters.